The normalized spacial score (nSPS) is 13.4. The maximum atomic E-state index is 12.6. The predicted octanol–water partition coefficient (Wildman–Crippen LogP) is 3.34. The number of benzene rings is 1. The Morgan fingerprint density at radius 2 is 1.81 bits per heavy atom. The van der Waals surface area contributed by atoms with Crippen LogP contribution in [0.25, 0.3) is 0 Å². The van der Waals surface area contributed by atoms with Gasteiger partial charge in [0, 0.05) is 13.1 Å². The van der Waals surface area contributed by atoms with E-state index in [4.69, 9.17) is 9.47 Å². The Labute approximate surface area is 165 Å². The lowest BCUT2D eigenvalue weighted by Crippen LogP contribution is -2.37. The van der Waals surface area contributed by atoms with Gasteiger partial charge in [0.2, 0.25) is 5.91 Å². The van der Waals surface area contributed by atoms with E-state index in [0.717, 1.165) is 38.7 Å². The van der Waals surface area contributed by atoms with Crippen LogP contribution in [0, 0.1) is 0 Å². The largest absolute Gasteiger partial charge is 0.493 e. The maximum absolute atomic E-state index is 12.6. The fraction of sp³-hybridized carbons (Fsp3) is 0.471. The summed E-state index contributed by atoms with van der Waals surface area (Å²) in [6, 6.07) is 3.98. The summed E-state index contributed by atoms with van der Waals surface area (Å²) in [5, 5.41) is 8.26. The maximum Gasteiger partial charge on any atom is 0.233 e. The molecule has 1 aromatic carbocycles. The van der Waals surface area contributed by atoms with Crippen LogP contribution in [0.5, 0.6) is 11.5 Å². The molecule has 0 saturated heterocycles. The summed E-state index contributed by atoms with van der Waals surface area (Å²) < 4.78 is 12.5. The van der Waals surface area contributed by atoms with Gasteiger partial charge in [-0.05, 0) is 35.4 Å². The second-order valence-corrected chi connectivity index (χ2v) is 9.31. The molecule has 1 amide bonds. The minimum Gasteiger partial charge on any atom is -0.493 e. The first kappa shape index (κ1) is 19.3. The number of aromatic nitrogens is 2. The zero-order valence-electron chi connectivity index (χ0n) is 15.0. The lowest BCUT2D eigenvalue weighted by atomic mass is 9.99. The number of ether oxygens (including phenoxy) is 2. The summed E-state index contributed by atoms with van der Waals surface area (Å²) >= 11 is 4.68. The summed E-state index contributed by atoms with van der Waals surface area (Å²) in [5.41, 5.74) is 2.33. The molecule has 0 bridgehead atoms. The highest BCUT2D eigenvalue weighted by Crippen LogP contribution is 2.34. The van der Waals surface area contributed by atoms with Crippen LogP contribution in [0.15, 0.2) is 20.8 Å². The van der Waals surface area contributed by atoms with Crippen molar-refractivity contribution in [2.45, 2.75) is 28.6 Å². The van der Waals surface area contributed by atoms with Crippen LogP contribution < -0.4 is 9.47 Å². The molecule has 1 aliphatic heterocycles. The molecule has 0 N–H and O–H groups in total. The average Bonchev–Trinajstić information content (AvgIpc) is 3.12. The van der Waals surface area contributed by atoms with E-state index in [-0.39, 0.29) is 5.91 Å². The van der Waals surface area contributed by atoms with Crippen LogP contribution in [0.2, 0.25) is 0 Å². The lowest BCUT2D eigenvalue weighted by molar-refractivity contribution is -0.129. The van der Waals surface area contributed by atoms with E-state index >= 15 is 0 Å². The average molecular weight is 412 g/mol. The number of hydrogen-bond donors (Lipinski definition) is 0. The quantitative estimate of drug-likeness (QED) is 0.648. The van der Waals surface area contributed by atoms with Crippen molar-refractivity contribution < 1.29 is 14.3 Å². The van der Waals surface area contributed by atoms with Gasteiger partial charge in [0.25, 0.3) is 0 Å². The first-order chi connectivity index (χ1) is 12.6. The van der Waals surface area contributed by atoms with Gasteiger partial charge >= 0.3 is 0 Å². The first-order valence-electron chi connectivity index (χ1n) is 8.25. The minimum atomic E-state index is 0.121. The molecule has 6 nitrogen and oxygen atoms in total. The van der Waals surface area contributed by atoms with Crippen molar-refractivity contribution in [1.82, 2.24) is 15.1 Å². The second kappa shape index (κ2) is 8.96. The van der Waals surface area contributed by atoms with E-state index < -0.39 is 0 Å². The summed E-state index contributed by atoms with van der Waals surface area (Å²) in [4.78, 5) is 14.5. The number of amides is 1. The molecule has 0 fully saturated rings. The summed E-state index contributed by atoms with van der Waals surface area (Å²) in [6.45, 7) is 3.40. The third kappa shape index (κ3) is 4.44. The van der Waals surface area contributed by atoms with Crippen molar-refractivity contribution in [2.24, 2.45) is 0 Å². The number of fused-ring (bicyclic) bond motifs is 1. The minimum absolute atomic E-state index is 0.121. The second-order valence-electron chi connectivity index (χ2n) is 5.60. The Morgan fingerprint density at radius 1 is 1.15 bits per heavy atom. The van der Waals surface area contributed by atoms with Gasteiger partial charge in [0.15, 0.2) is 20.2 Å². The molecule has 2 aromatic rings. The molecular weight excluding hydrogens is 390 g/mol. The van der Waals surface area contributed by atoms with Crippen LogP contribution in [-0.4, -0.2) is 53.3 Å². The molecular formula is C17H21N3O3S3. The van der Waals surface area contributed by atoms with E-state index in [2.05, 4.69) is 17.1 Å². The predicted molar refractivity (Wildman–Crippen MR) is 106 cm³/mol. The van der Waals surface area contributed by atoms with Crippen LogP contribution in [0.1, 0.15) is 18.1 Å². The molecule has 0 atom stereocenters. The molecule has 0 spiro atoms. The molecule has 0 unspecified atom stereocenters. The molecule has 2 heterocycles. The van der Waals surface area contributed by atoms with Gasteiger partial charge in [-0.25, -0.2) is 0 Å². The van der Waals surface area contributed by atoms with E-state index in [1.165, 1.54) is 17.3 Å². The van der Waals surface area contributed by atoms with Crippen LogP contribution in [0.4, 0.5) is 0 Å². The highest BCUT2D eigenvalue weighted by molar-refractivity contribution is 8.03. The first-order valence-corrected chi connectivity index (χ1v) is 11.0. The molecule has 0 saturated carbocycles. The Morgan fingerprint density at radius 3 is 2.46 bits per heavy atom. The fourth-order valence-electron chi connectivity index (χ4n) is 2.75. The molecule has 1 aromatic heterocycles. The highest BCUT2D eigenvalue weighted by Gasteiger charge is 2.23. The molecule has 9 heteroatoms. The number of methoxy groups -OCH3 is 2. The number of rotatable bonds is 7. The van der Waals surface area contributed by atoms with Crippen molar-refractivity contribution >= 4 is 40.8 Å². The number of nitrogens with zero attached hydrogens (tertiary/aromatic N) is 3. The van der Waals surface area contributed by atoms with Gasteiger partial charge in [0.1, 0.15) is 0 Å². The number of carbonyl (C=O) groups excluding carboxylic acids is 1. The van der Waals surface area contributed by atoms with E-state index in [1.54, 1.807) is 37.3 Å². The zero-order valence-corrected chi connectivity index (χ0v) is 17.4. The Bertz CT molecular complexity index is 782. The van der Waals surface area contributed by atoms with E-state index in [1.807, 2.05) is 17.0 Å². The van der Waals surface area contributed by atoms with Crippen LogP contribution in [-0.2, 0) is 17.8 Å². The van der Waals surface area contributed by atoms with Crippen LogP contribution in [0.3, 0.4) is 0 Å². The van der Waals surface area contributed by atoms with Crippen molar-refractivity contribution in [3.8, 4) is 11.5 Å². The lowest BCUT2D eigenvalue weighted by Gasteiger charge is -2.29. The van der Waals surface area contributed by atoms with Crippen molar-refractivity contribution in [1.29, 1.82) is 0 Å². The number of thioether (sulfide) groups is 2. The molecule has 3 rings (SSSR count). The number of carbonyl (C=O) groups is 1. The standard InChI is InChI=1S/C17H21N3O3S3/c1-4-24-16-18-19-17(26-16)25-10-15(21)20-6-5-11-7-13(22-2)14(23-3)8-12(11)9-20/h7-8H,4-6,9-10H2,1-3H3. The molecule has 26 heavy (non-hydrogen) atoms. The monoisotopic (exact) mass is 411 g/mol. The van der Waals surface area contributed by atoms with Gasteiger partial charge in [-0.3, -0.25) is 4.79 Å². The molecule has 1 aliphatic rings. The smallest absolute Gasteiger partial charge is 0.233 e. The number of hydrogen-bond acceptors (Lipinski definition) is 8. The summed E-state index contributed by atoms with van der Waals surface area (Å²) in [6.07, 6.45) is 0.822. The van der Waals surface area contributed by atoms with Gasteiger partial charge < -0.3 is 14.4 Å². The topological polar surface area (TPSA) is 64.6 Å². The SMILES string of the molecule is CCSc1nnc(SCC(=O)N2CCc3cc(OC)c(OC)cc3C2)s1. The fourth-order valence-corrected chi connectivity index (χ4v) is 5.57. The Balaban J connectivity index is 1.61. The van der Waals surface area contributed by atoms with Crippen molar-refractivity contribution in [3.05, 3.63) is 23.3 Å². The van der Waals surface area contributed by atoms with Gasteiger partial charge in [0.05, 0.1) is 20.0 Å². The highest BCUT2D eigenvalue weighted by atomic mass is 32.2. The van der Waals surface area contributed by atoms with Gasteiger partial charge in [-0.2, -0.15) is 0 Å². The molecule has 0 radical (unpaired) electrons. The summed E-state index contributed by atoms with van der Waals surface area (Å²) in [5.74, 6) is 2.91. The van der Waals surface area contributed by atoms with E-state index in [0.29, 0.717) is 18.0 Å². The van der Waals surface area contributed by atoms with Crippen molar-refractivity contribution in [3.63, 3.8) is 0 Å². The third-order valence-electron chi connectivity index (χ3n) is 4.05. The third-order valence-corrected chi connectivity index (χ3v) is 7.10. The van der Waals surface area contributed by atoms with Gasteiger partial charge in [-0.1, -0.05) is 41.8 Å². The molecule has 140 valence electrons. The van der Waals surface area contributed by atoms with Crippen LogP contribution >= 0.6 is 34.9 Å². The Hall–Kier alpha value is -1.45. The van der Waals surface area contributed by atoms with Gasteiger partial charge in [-0.15, -0.1) is 10.2 Å². The molecule has 0 aliphatic carbocycles. The van der Waals surface area contributed by atoms with Crippen molar-refractivity contribution in [2.75, 3.05) is 32.3 Å². The zero-order chi connectivity index (χ0) is 18.5. The summed E-state index contributed by atoms with van der Waals surface area (Å²) in [7, 11) is 3.26. The van der Waals surface area contributed by atoms with E-state index in [9.17, 15) is 4.79 Å². The Kier molecular flexibility index (Phi) is 6.66.